The van der Waals surface area contributed by atoms with Crippen molar-refractivity contribution < 1.29 is 63.4 Å². The van der Waals surface area contributed by atoms with E-state index in [0.717, 1.165) is 56.4 Å². The molecule has 1 rings (SSSR count). The van der Waals surface area contributed by atoms with Crippen LogP contribution in [0.5, 0.6) is 0 Å². The number of allylic oxidation sites excluding steroid dienone is 5. The molecule has 0 saturated carbocycles. The number of rotatable bonds is 29. The van der Waals surface area contributed by atoms with Gasteiger partial charge in [-0.15, -0.1) is 21.6 Å². The maximum atomic E-state index is 12.0. The summed E-state index contributed by atoms with van der Waals surface area (Å²) >= 11 is 15.4. The number of esters is 3. The lowest BCUT2D eigenvalue weighted by Crippen LogP contribution is -2.27. The zero-order valence-electron chi connectivity index (χ0n) is 59.7. The molecule has 24 heteroatoms. The zero-order valence-corrected chi connectivity index (χ0v) is 74.2. The smallest absolute Gasteiger partial charge is 0.355 e. The fraction of sp³-hybridized carbons (Fsp3) is 0.708. The third-order valence-electron chi connectivity index (χ3n) is 13.9. The van der Waals surface area contributed by atoms with E-state index in [1.54, 1.807) is 27.7 Å². The number of hydrogen-bond donors (Lipinski definition) is 2. The summed E-state index contributed by atoms with van der Waals surface area (Å²) in [6.45, 7) is 36.8. The maximum Gasteiger partial charge on any atom is 0.355 e. The Morgan fingerprint density at radius 2 is 1.10 bits per heavy atom. The fourth-order valence-electron chi connectivity index (χ4n) is 6.58. The minimum atomic E-state index is -3.36. The predicted octanol–water partition coefficient (Wildman–Crippen LogP) is 21.5. The van der Waals surface area contributed by atoms with Crippen LogP contribution in [-0.4, -0.2) is 102 Å². The van der Waals surface area contributed by atoms with Crippen molar-refractivity contribution in [1.29, 1.82) is 1.28 Å². The molecule has 0 aromatic rings. The number of aliphatic hydroxyl groups is 2. The van der Waals surface area contributed by atoms with E-state index in [-0.39, 0.29) is 49.6 Å². The van der Waals surface area contributed by atoms with Crippen LogP contribution in [0.15, 0.2) is 74.1 Å². The summed E-state index contributed by atoms with van der Waals surface area (Å²) in [7, 11) is 4.74. The standard InChI is InChI=1S/C12H19IO2.C10H13IO2.C9H17I.C8H15IO.C8H13IO.C8H17O5P.C8H16O.CH4O.CH5P.ClH.H2P2S/c1-9(10(2)7-8-13)5-6-11(3)12(14)15-4;1-7(5-6-11)9-4-3-8(2)10(12)13-9;1-4-5-8(2)9(3)6-7-10;2*1-7(3-5-9)8(2)4-6-10;1-5-12-14(10,13-6-2)7(3)8(9)11-4;1-4-5-7(2)8(3)6-9;2*1-2;;1-2-3/h6-10H,5H2,1-4H3;3,5-7,9H,4H2,1-2H3;6-9H,4-5H2,1-3H3;3,5,7-8,10H,4,6H2,1-2H3;3,5-8H,4H2,1-2H3;7H,5-6H2,1-4H3;6-8H,4-5H2,1-3H3;2H,1H3;2H2,1H3;1H;1H2/p+1/b8-7+,11-6-;6-5+;7-6+;2*5-3+;;;;;;/t9-,10-;7-,9-;8-,9-;2*7-,8-;;7-,8-;;;;/m00000.0..../s1/i;;;;;;;;1D;;/hT. The molecule has 0 saturated heterocycles. The highest BCUT2D eigenvalue weighted by Gasteiger charge is 2.38. The Morgan fingerprint density at radius 3 is 1.40 bits per heavy atom. The molecular formula is C65H123ClI5O13P4S+. The number of cyclic esters (lactones) is 1. The van der Waals surface area contributed by atoms with Crippen LogP contribution in [0.25, 0.3) is 0 Å². The highest BCUT2D eigenvalue weighted by Crippen LogP contribution is 2.53. The molecule has 1 aliphatic heterocycles. The van der Waals surface area contributed by atoms with E-state index in [0.29, 0.717) is 72.6 Å². The molecule has 2 N–H and O–H groups in total. The van der Waals surface area contributed by atoms with E-state index in [2.05, 4.69) is 264 Å². The molecule has 0 amide bonds. The third kappa shape index (κ3) is 70.5. The average molecular weight is 1940 g/mol. The van der Waals surface area contributed by atoms with Gasteiger partial charge in [0.2, 0.25) is 0 Å². The van der Waals surface area contributed by atoms with Crippen LogP contribution >= 0.6 is 158 Å². The van der Waals surface area contributed by atoms with Crippen molar-refractivity contribution in [3.05, 3.63) is 74.1 Å². The van der Waals surface area contributed by atoms with Crippen molar-refractivity contribution >= 4 is 200 Å². The third-order valence-corrected chi connectivity index (χ3v) is 18.4. The molecule has 528 valence electrons. The lowest BCUT2D eigenvalue weighted by molar-refractivity contribution is -0.147. The second kappa shape index (κ2) is 81.7. The van der Waals surface area contributed by atoms with E-state index in [4.69, 9.17) is 26.6 Å². The van der Waals surface area contributed by atoms with Crippen LogP contribution in [0, 0.1) is 65.1 Å². The summed E-state index contributed by atoms with van der Waals surface area (Å²) < 4.78 is 59.1. The number of carbonyl (C=O) groups is 5. The topological polar surface area (TPSA) is 189 Å². The molecule has 0 radical (unpaired) electrons. The minimum absolute atomic E-state index is 0. The molecule has 89 heavy (non-hydrogen) atoms. The molecule has 16 atom stereocenters. The lowest BCUT2D eigenvalue weighted by atomic mass is 9.92. The van der Waals surface area contributed by atoms with Crippen molar-refractivity contribution in [2.75, 3.05) is 47.8 Å². The SMILES string of the molecule is CC1=CC[C@@H]([C@@H](C)/C=C/I)OC1=O.CCC[C@H](C)[C@@H](C)/C=C/I.CCC[C@H](C)[C@@H](C)C=O.CCOP(=O)(OCC)C(C)C(=O)OC.CO.COC(=O)/C(C)=C\C[C@H](C)[C@@H](C)/C=C/I.C[C@@H](/C=C/I)[C@@H](C)CC=O.C[C@@H](/C=C/I)[C@@H](C)CCO.Cl.[2H]CP.[3H][P+](P)=S. The number of halogens is 6. The van der Waals surface area contributed by atoms with Crippen molar-refractivity contribution in [3.63, 3.8) is 0 Å². The van der Waals surface area contributed by atoms with E-state index in [9.17, 15) is 28.5 Å². The molecule has 1 heterocycles. The number of methoxy groups -OCH3 is 2. The molecular weight excluding hydrogens is 1810 g/mol. The van der Waals surface area contributed by atoms with E-state index in [1.165, 1.54) is 46.8 Å². The number of carbonyl (C=O) groups excluding carboxylic acids is 5. The Kier molecular flexibility index (Phi) is 97.7. The minimum Gasteiger partial charge on any atom is -0.468 e. The van der Waals surface area contributed by atoms with Gasteiger partial charge in [-0.1, -0.05) is 278 Å². The average Bonchev–Trinajstić information content (AvgIpc) is 3.27. The molecule has 0 fully saturated rings. The Bertz CT molecular complexity index is 1980. The monoisotopic (exact) mass is 1940 g/mol. The molecule has 0 aliphatic carbocycles. The van der Waals surface area contributed by atoms with Gasteiger partial charge in [-0.3, -0.25) is 9.36 Å². The number of aldehydes is 2. The van der Waals surface area contributed by atoms with Crippen LogP contribution in [0.1, 0.15) is 177 Å². The van der Waals surface area contributed by atoms with Crippen molar-refractivity contribution in [1.82, 2.24) is 0 Å². The lowest BCUT2D eigenvalue weighted by Gasteiger charge is -2.24. The maximum absolute atomic E-state index is 12.0. The Balaban J connectivity index is -0.000000103. The number of aliphatic hydroxyl groups excluding tert-OH is 2. The summed E-state index contributed by atoms with van der Waals surface area (Å²) in [6.07, 6.45) is 25.1. The highest BCUT2D eigenvalue weighted by molar-refractivity contribution is 14.1. The van der Waals surface area contributed by atoms with E-state index in [1.807, 2.05) is 41.5 Å². The van der Waals surface area contributed by atoms with Gasteiger partial charge in [-0.25, -0.2) is 9.59 Å². The Hall–Kier alpha value is 1.32. The predicted molar refractivity (Wildman–Crippen MR) is 442 cm³/mol. The molecule has 0 aromatic heterocycles. The van der Waals surface area contributed by atoms with Gasteiger partial charge in [-0.2, -0.15) is 0 Å². The first kappa shape index (κ1) is 106. The van der Waals surface area contributed by atoms with E-state index >= 15 is 0 Å². The van der Waals surface area contributed by atoms with Gasteiger partial charge in [0.25, 0.3) is 0 Å². The molecule has 1 aliphatic rings. The van der Waals surface area contributed by atoms with Crippen LogP contribution in [0.4, 0.5) is 0 Å². The summed E-state index contributed by atoms with van der Waals surface area (Å²) in [5.74, 6) is 4.93. The highest BCUT2D eigenvalue weighted by atomic mass is 127. The van der Waals surface area contributed by atoms with Crippen LogP contribution in [0.2, 0.25) is 0 Å². The van der Waals surface area contributed by atoms with Crippen molar-refractivity contribution in [3.8, 4) is 0 Å². The van der Waals surface area contributed by atoms with Gasteiger partial charge in [0.05, 0.1) is 36.4 Å². The fourth-order valence-corrected chi connectivity index (χ4v) is 11.5. The summed E-state index contributed by atoms with van der Waals surface area (Å²) in [6, 6.07) is 0. The first-order valence-electron chi connectivity index (χ1n) is 31.0. The molecule has 0 bridgehead atoms. The molecule has 0 aromatic carbocycles. The molecule has 0 spiro atoms. The van der Waals surface area contributed by atoms with Crippen LogP contribution in [-0.2, 0) is 63.6 Å². The molecule has 13 nitrogen and oxygen atoms in total. The first-order valence-corrected chi connectivity index (χ1v) is 42.0. The van der Waals surface area contributed by atoms with Crippen LogP contribution < -0.4 is 0 Å². The largest absolute Gasteiger partial charge is 0.468 e. The van der Waals surface area contributed by atoms with Gasteiger partial charge < -0.3 is 43.1 Å². The quantitative estimate of drug-likeness (QED) is 0.0180. The van der Waals surface area contributed by atoms with Gasteiger partial charge in [0, 0.05) is 50.9 Å². The normalized spacial score (nSPS) is 17.0. The van der Waals surface area contributed by atoms with Gasteiger partial charge in [-0.05, 0) is 121 Å². The Labute approximate surface area is 632 Å². The second-order valence-electron chi connectivity index (χ2n) is 20.6. The van der Waals surface area contributed by atoms with Gasteiger partial charge >= 0.3 is 26.8 Å². The molecule has 4 unspecified atom stereocenters. The van der Waals surface area contributed by atoms with Gasteiger partial charge in [0.1, 0.15) is 18.7 Å². The number of hydrogen-bond acceptors (Lipinski definition) is 14. The van der Waals surface area contributed by atoms with Crippen LogP contribution in [0.3, 0.4) is 0 Å². The summed E-state index contributed by atoms with van der Waals surface area (Å²) in [5, 5.41) is 15.6. The zero-order chi connectivity index (χ0) is 72.4. The summed E-state index contributed by atoms with van der Waals surface area (Å²) in [5.41, 5.74) is 0.532. The van der Waals surface area contributed by atoms with E-state index < -0.39 is 26.2 Å². The first-order chi connectivity index (χ1) is 42.2. The number of ether oxygens (including phenoxy) is 3. The van der Waals surface area contributed by atoms with Crippen molar-refractivity contribution in [2.24, 2.45) is 65.1 Å². The summed E-state index contributed by atoms with van der Waals surface area (Å²) in [4.78, 5) is 53.8. The van der Waals surface area contributed by atoms with Gasteiger partial charge in [0.15, 0.2) is 24.5 Å². The Morgan fingerprint density at radius 1 is 0.742 bits per heavy atom. The second-order valence-corrected chi connectivity index (χ2v) is 29.3. The van der Waals surface area contributed by atoms with Crippen molar-refractivity contribution in [2.45, 2.75) is 188 Å².